The van der Waals surface area contributed by atoms with Crippen molar-refractivity contribution >= 4 is 54.9 Å². The average molecular weight is 489 g/mol. The largest absolute Gasteiger partial charge is 0.506 e. The number of oxazole rings is 1. The third-order valence-corrected chi connectivity index (χ3v) is 5.20. The van der Waals surface area contributed by atoms with Crippen LogP contribution >= 0.6 is 31.9 Å². The van der Waals surface area contributed by atoms with Crippen molar-refractivity contribution in [3.05, 3.63) is 63.3 Å². The molecule has 0 amide bonds. The van der Waals surface area contributed by atoms with Gasteiger partial charge in [0.15, 0.2) is 5.58 Å². The van der Waals surface area contributed by atoms with E-state index >= 15 is 0 Å². The maximum Gasteiger partial charge on any atom is 0.227 e. The fourth-order valence-electron chi connectivity index (χ4n) is 2.47. The average Bonchev–Trinajstić information content (AvgIpc) is 3.12. The molecule has 4 rings (SSSR count). The third-order valence-electron chi connectivity index (χ3n) is 3.85. The number of phenolic OH excluding ortho intramolecular Hbond substituents is 2. The van der Waals surface area contributed by atoms with Crippen molar-refractivity contribution in [2.45, 2.75) is 0 Å². The second-order valence-electron chi connectivity index (χ2n) is 5.62. The van der Waals surface area contributed by atoms with Gasteiger partial charge in [0.2, 0.25) is 5.89 Å². The highest BCUT2D eigenvalue weighted by Crippen LogP contribution is 2.40. The standard InChI is InChI=1S/C19H11Br2N3O3/c20-13-7-11(17(25)16(21)18(13)26)9-23-12-1-2-15-14(8-12)24-19(27-15)10-3-5-22-6-4-10/h1-9,25-26H. The Morgan fingerprint density at radius 2 is 1.78 bits per heavy atom. The number of aliphatic imine (C=N–C) groups is 1. The molecule has 0 aliphatic carbocycles. The van der Waals surface area contributed by atoms with E-state index in [0.717, 1.165) is 5.56 Å². The van der Waals surface area contributed by atoms with Gasteiger partial charge in [-0.15, -0.1) is 0 Å². The first-order valence-electron chi connectivity index (χ1n) is 7.78. The summed E-state index contributed by atoms with van der Waals surface area (Å²) in [6, 6.07) is 10.6. The van der Waals surface area contributed by atoms with Crippen LogP contribution in [0.3, 0.4) is 0 Å². The van der Waals surface area contributed by atoms with Crippen molar-refractivity contribution in [1.29, 1.82) is 0 Å². The van der Waals surface area contributed by atoms with E-state index < -0.39 is 0 Å². The number of nitrogens with zero attached hydrogens (tertiary/aromatic N) is 3. The summed E-state index contributed by atoms with van der Waals surface area (Å²) in [5.74, 6) is 0.344. The number of aromatic nitrogens is 2. The molecule has 0 spiro atoms. The Labute approximate surface area is 170 Å². The lowest BCUT2D eigenvalue weighted by Crippen LogP contribution is -1.85. The summed E-state index contributed by atoms with van der Waals surface area (Å²) in [4.78, 5) is 12.9. The Bertz CT molecular complexity index is 1170. The number of pyridine rings is 1. The molecule has 4 aromatic rings. The first-order valence-corrected chi connectivity index (χ1v) is 9.36. The Hall–Kier alpha value is -2.71. The zero-order valence-electron chi connectivity index (χ0n) is 13.6. The van der Waals surface area contributed by atoms with Gasteiger partial charge in [-0.05, 0) is 68.3 Å². The monoisotopic (exact) mass is 487 g/mol. The summed E-state index contributed by atoms with van der Waals surface area (Å²) >= 11 is 6.38. The maximum absolute atomic E-state index is 10.1. The van der Waals surface area contributed by atoms with Crippen molar-refractivity contribution in [2.24, 2.45) is 4.99 Å². The summed E-state index contributed by atoms with van der Waals surface area (Å²) in [6.45, 7) is 0. The fraction of sp³-hybridized carbons (Fsp3) is 0. The normalized spacial score (nSPS) is 11.5. The predicted octanol–water partition coefficient (Wildman–Crippen LogP) is 5.58. The summed E-state index contributed by atoms with van der Waals surface area (Å²) in [7, 11) is 0. The lowest BCUT2D eigenvalue weighted by Gasteiger charge is -2.06. The fourth-order valence-corrected chi connectivity index (χ4v) is 3.63. The quantitative estimate of drug-likeness (QED) is 0.367. The van der Waals surface area contributed by atoms with E-state index in [1.807, 2.05) is 12.1 Å². The van der Waals surface area contributed by atoms with E-state index in [0.29, 0.717) is 32.7 Å². The van der Waals surface area contributed by atoms with Crippen molar-refractivity contribution in [3.63, 3.8) is 0 Å². The van der Waals surface area contributed by atoms with Gasteiger partial charge in [-0.25, -0.2) is 4.98 Å². The highest BCUT2D eigenvalue weighted by molar-refractivity contribution is 9.11. The molecule has 2 aromatic heterocycles. The van der Waals surface area contributed by atoms with Crippen molar-refractivity contribution < 1.29 is 14.6 Å². The Morgan fingerprint density at radius 3 is 2.56 bits per heavy atom. The molecular weight excluding hydrogens is 478 g/mol. The molecule has 6 nitrogen and oxygen atoms in total. The van der Waals surface area contributed by atoms with Gasteiger partial charge in [-0.3, -0.25) is 9.98 Å². The van der Waals surface area contributed by atoms with Gasteiger partial charge in [0, 0.05) is 29.7 Å². The molecule has 134 valence electrons. The number of halogens is 2. The molecule has 0 fully saturated rings. The number of rotatable bonds is 3. The smallest absolute Gasteiger partial charge is 0.227 e. The van der Waals surface area contributed by atoms with Crippen molar-refractivity contribution in [1.82, 2.24) is 9.97 Å². The second kappa shape index (κ2) is 7.13. The minimum Gasteiger partial charge on any atom is -0.506 e. The minimum atomic E-state index is -0.0954. The lowest BCUT2D eigenvalue weighted by atomic mass is 10.2. The first-order chi connectivity index (χ1) is 13.0. The first kappa shape index (κ1) is 17.7. The molecule has 27 heavy (non-hydrogen) atoms. The van der Waals surface area contributed by atoms with E-state index in [2.05, 4.69) is 46.8 Å². The van der Waals surface area contributed by atoms with Gasteiger partial charge in [-0.1, -0.05) is 0 Å². The molecule has 0 unspecified atom stereocenters. The Balaban J connectivity index is 1.68. The highest BCUT2D eigenvalue weighted by atomic mass is 79.9. The lowest BCUT2D eigenvalue weighted by molar-refractivity contribution is 0.442. The molecule has 2 heterocycles. The molecule has 2 aromatic carbocycles. The molecule has 0 aliphatic rings. The SMILES string of the molecule is Oc1c(Br)cc(C=Nc2ccc3oc(-c4ccncc4)nc3c2)c(O)c1Br. The third kappa shape index (κ3) is 3.45. The van der Waals surface area contributed by atoms with Gasteiger partial charge >= 0.3 is 0 Å². The molecule has 0 saturated carbocycles. The number of hydrogen-bond donors (Lipinski definition) is 2. The molecule has 0 bridgehead atoms. The highest BCUT2D eigenvalue weighted by Gasteiger charge is 2.13. The van der Waals surface area contributed by atoms with Gasteiger partial charge in [0.1, 0.15) is 21.5 Å². The van der Waals surface area contributed by atoms with Crippen LogP contribution < -0.4 is 0 Å². The Morgan fingerprint density at radius 1 is 1.00 bits per heavy atom. The van der Waals surface area contributed by atoms with Crippen molar-refractivity contribution in [3.8, 4) is 23.0 Å². The summed E-state index contributed by atoms with van der Waals surface area (Å²) in [5, 5.41) is 19.9. The Kier molecular flexibility index (Phi) is 4.67. The topological polar surface area (TPSA) is 91.7 Å². The molecule has 2 N–H and O–H groups in total. The van der Waals surface area contributed by atoms with Crippen molar-refractivity contribution in [2.75, 3.05) is 0 Å². The van der Waals surface area contributed by atoms with E-state index in [4.69, 9.17) is 4.42 Å². The molecule has 0 atom stereocenters. The molecule has 8 heteroatoms. The van der Waals surface area contributed by atoms with Crippen LogP contribution in [-0.2, 0) is 0 Å². The van der Waals surface area contributed by atoms with Gasteiger partial charge in [-0.2, -0.15) is 0 Å². The van der Waals surface area contributed by atoms with E-state index in [9.17, 15) is 10.2 Å². The van der Waals surface area contributed by atoms with Crippen LogP contribution in [0.2, 0.25) is 0 Å². The van der Waals surface area contributed by atoms with Crippen LogP contribution in [0.4, 0.5) is 5.69 Å². The van der Waals surface area contributed by atoms with Crippen LogP contribution in [-0.4, -0.2) is 26.4 Å². The molecular formula is C19H11Br2N3O3. The van der Waals surface area contributed by atoms with Crippen LogP contribution in [0.15, 0.2) is 67.1 Å². The summed E-state index contributed by atoms with van der Waals surface area (Å²) in [5.41, 5.74) is 3.27. The molecule has 0 aliphatic heterocycles. The van der Waals surface area contributed by atoms with Crippen LogP contribution in [0.5, 0.6) is 11.5 Å². The number of hydrogen-bond acceptors (Lipinski definition) is 6. The number of fused-ring (bicyclic) bond motifs is 1. The zero-order chi connectivity index (χ0) is 19.0. The number of benzene rings is 2. The van der Waals surface area contributed by atoms with E-state index in [-0.39, 0.29) is 16.0 Å². The zero-order valence-corrected chi connectivity index (χ0v) is 16.8. The number of aromatic hydroxyl groups is 2. The molecule has 0 saturated heterocycles. The van der Waals surface area contributed by atoms with Gasteiger partial charge in [0.05, 0.1) is 10.2 Å². The van der Waals surface area contributed by atoms with Gasteiger partial charge in [0.25, 0.3) is 0 Å². The summed E-state index contributed by atoms with van der Waals surface area (Å²) < 4.78 is 6.41. The minimum absolute atomic E-state index is 0.0719. The maximum atomic E-state index is 10.1. The van der Waals surface area contributed by atoms with E-state index in [1.165, 1.54) is 6.21 Å². The summed E-state index contributed by atoms with van der Waals surface area (Å²) in [6.07, 6.45) is 4.87. The van der Waals surface area contributed by atoms with Gasteiger partial charge < -0.3 is 14.6 Å². The molecule has 0 radical (unpaired) electrons. The number of phenols is 2. The van der Waals surface area contributed by atoms with Crippen LogP contribution in [0, 0.1) is 0 Å². The predicted molar refractivity (Wildman–Crippen MR) is 110 cm³/mol. The van der Waals surface area contributed by atoms with Crippen LogP contribution in [0.1, 0.15) is 5.56 Å². The second-order valence-corrected chi connectivity index (χ2v) is 7.27. The van der Waals surface area contributed by atoms with Crippen LogP contribution in [0.25, 0.3) is 22.6 Å². The van der Waals surface area contributed by atoms with E-state index in [1.54, 1.807) is 36.7 Å².